The molecule has 2 aromatic rings. The van der Waals surface area contributed by atoms with Crippen molar-refractivity contribution in [2.75, 3.05) is 0 Å². The van der Waals surface area contributed by atoms with Gasteiger partial charge in [-0.3, -0.25) is 0 Å². The fourth-order valence-corrected chi connectivity index (χ4v) is 3.37. The van der Waals surface area contributed by atoms with E-state index in [0.29, 0.717) is 0 Å². The average molecular weight is 241 g/mol. The number of fused-ring (bicyclic) bond motifs is 3. The maximum atomic E-state index is 3.60. The van der Waals surface area contributed by atoms with Crippen LogP contribution in [0.4, 0.5) is 0 Å². The van der Waals surface area contributed by atoms with Gasteiger partial charge in [-0.1, -0.05) is 50.8 Å². The minimum atomic E-state index is 0.920. The minimum absolute atomic E-state index is 0.920. The second-order valence-corrected chi connectivity index (χ2v) is 5.73. The zero-order valence-electron chi connectivity index (χ0n) is 11.3. The van der Waals surface area contributed by atoms with Crippen LogP contribution in [0.5, 0.6) is 0 Å². The van der Waals surface area contributed by atoms with Gasteiger partial charge in [-0.15, -0.1) is 0 Å². The van der Waals surface area contributed by atoms with Gasteiger partial charge in [-0.05, 0) is 36.8 Å². The molecular weight excluding hydrogens is 218 g/mol. The van der Waals surface area contributed by atoms with E-state index in [0.717, 1.165) is 5.92 Å². The summed E-state index contributed by atoms with van der Waals surface area (Å²) >= 11 is 0. The quantitative estimate of drug-likeness (QED) is 0.736. The second-order valence-electron chi connectivity index (χ2n) is 5.73. The molecule has 0 saturated heterocycles. The van der Waals surface area contributed by atoms with Crippen molar-refractivity contribution in [1.82, 2.24) is 4.98 Å². The van der Waals surface area contributed by atoms with Crippen LogP contribution >= 0.6 is 0 Å². The molecule has 1 heteroatoms. The van der Waals surface area contributed by atoms with Crippen molar-refractivity contribution in [2.24, 2.45) is 5.92 Å². The van der Waals surface area contributed by atoms with E-state index in [4.69, 9.17) is 0 Å². The smallest absolute Gasteiger partial charge is 0.0458 e. The van der Waals surface area contributed by atoms with Crippen LogP contribution in [0, 0.1) is 5.92 Å². The first-order valence-electron chi connectivity index (χ1n) is 7.47. The summed E-state index contributed by atoms with van der Waals surface area (Å²) in [7, 11) is 0. The van der Waals surface area contributed by atoms with Crippen LogP contribution in [0.1, 0.15) is 50.3 Å². The van der Waals surface area contributed by atoms with Crippen LogP contribution < -0.4 is 0 Å². The standard InChI is InChI=1S/C17H23N/c1-2-3-4-7-13-10-11-17-15(12-13)14-8-5-6-9-16(14)18-17/h5-6,8-9,13,18H,2-4,7,10-12H2,1H3. The maximum absolute atomic E-state index is 3.60. The number of aromatic amines is 1. The van der Waals surface area contributed by atoms with Crippen LogP contribution in [0.25, 0.3) is 10.9 Å². The molecule has 0 amide bonds. The molecule has 1 aliphatic rings. The monoisotopic (exact) mass is 241 g/mol. The molecule has 0 aliphatic heterocycles. The Bertz CT molecular complexity index is 523. The molecule has 0 saturated carbocycles. The predicted molar refractivity (Wildman–Crippen MR) is 78.0 cm³/mol. The number of aromatic nitrogens is 1. The first-order chi connectivity index (χ1) is 8.88. The third-order valence-corrected chi connectivity index (χ3v) is 4.41. The Morgan fingerprint density at radius 2 is 2.11 bits per heavy atom. The van der Waals surface area contributed by atoms with E-state index in [-0.39, 0.29) is 0 Å². The highest BCUT2D eigenvalue weighted by Gasteiger charge is 2.21. The summed E-state index contributed by atoms with van der Waals surface area (Å²) in [4.78, 5) is 3.60. The highest BCUT2D eigenvalue weighted by atomic mass is 14.7. The fraction of sp³-hybridized carbons (Fsp3) is 0.529. The molecule has 0 fully saturated rings. The average Bonchev–Trinajstić information content (AvgIpc) is 2.77. The van der Waals surface area contributed by atoms with E-state index in [1.165, 1.54) is 61.5 Å². The van der Waals surface area contributed by atoms with Crippen molar-refractivity contribution in [2.45, 2.75) is 51.9 Å². The summed E-state index contributed by atoms with van der Waals surface area (Å²) in [5.41, 5.74) is 4.44. The van der Waals surface area contributed by atoms with Crippen molar-refractivity contribution in [3.63, 3.8) is 0 Å². The molecule has 1 aromatic carbocycles. The van der Waals surface area contributed by atoms with Gasteiger partial charge in [0.15, 0.2) is 0 Å². The number of hydrogen-bond acceptors (Lipinski definition) is 0. The lowest BCUT2D eigenvalue weighted by atomic mass is 9.83. The van der Waals surface area contributed by atoms with Gasteiger partial charge in [0.2, 0.25) is 0 Å². The third kappa shape index (κ3) is 2.19. The van der Waals surface area contributed by atoms with Crippen LogP contribution in [0.3, 0.4) is 0 Å². The summed E-state index contributed by atoms with van der Waals surface area (Å²) in [5, 5.41) is 1.47. The molecular formula is C17H23N. The van der Waals surface area contributed by atoms with Gasteiger partial charge < -0.3 is 4.98 Å². The summed E-state index contributed by atoms with van der Waals surface area (Å²) in [6.45, 7) is 2.29. The van der Waals surface area contributed by atoms with Crippen molar-refractivity contribution < 1.29 is 0 Å². The lowest BCUT2D eigenvalue weighted by Gasteiger charge is -2.22. The molecule has 0 radical (unpaired) electrons. The van der Waals surface area contributed by atoms with E-state index in [1.54, 1.807) is 5.56 Å². The Hall–Kier alpha value is -1.24. The summed E-state index contributed by atoms with van der Waals surface area (Å²) in [5.74, 6) is 0.920. The van der Waals surface area contributed by atoms with Crippen LogP contribution in [0.2, 0.25) is 0 Å². The van der Waals surface area contributed by atoms with E-state index < -0.39 is 0 Å². The molecule has 1 heterocycles. The molecule has 1 N–H and O–H groups in total. The van der Waals surface area contributed by atoms with Crippen LogP contribution in [-0.4, -0.2) is 4.98 Å². The lowest BCUT2D eigenvalue weighted by molar-refractivity contribution is 0.408. The molecule has 1 atom stereocenters. The van der Waals surface area contributed by atoms with E-state index in [9.17, 15) is 0 Å². The summed E-state index contributed by atoms with van der Waals surface area (Å²) in [6.07, 6.45) is 9.50. The number of hydrogen-bond donors (Lipinski definition) is 1. The number of para-hydroxylation sites is 1. The van der Waals surface area contributed by atoms with E-state index in [2.05, 4.69) is 36.2 Å². The fourth-order valence-electron chi connectivity index (χ4n) is 3.37. The normalized spacial score (nSPS) is 19.1. The van der Waals surface area contributed by atoms with Gasteiger partial charge in [0.05, 0.1) is 0 Å². The summed E-state index contributed by atoms with van der Waals surface area (Å²) in [6, 6.07) is 8.78. The molecule has 3 rings (SSSR count). The van der Waals surface area contributed by atoms with Crippen LogP contribution in [-0.2, 0) is 12.8 Å². The highest BCUT2D eigenvalue weighted by Crippen LogP contribution is 2.33. The molecule has 1 aliphatic carbocycles. The Morgan fingerprint density at radius 3 is 3.00 bits per heavy atom. The minimum Gasteiger partial charge on any atom is -0.358 e. The van der Waals surface area contributed by atoms with Gasteiger partial charge in [0.25, 0.3) is 0 Å². The van der Waals surface area contributed by atoms with Crippen molar-refractivity contribution in [3.8, 4) is 0 Å². The molecule has 1 aromatic heterocycles. The second kappa shape index (κ2) is 5.17. The zero-order valence-corrected chi connectivity index (χ0v) is 11.3. The largest absolute Gasteiger partial charge is 0.358 e. The van der Waals surface area contributed by atoms with Gasteiger partial charge in [-0.25, -0.2) is 0 Å². The molecule has 1 nitrogen and oxygen atoms in total. The number of H-pyrrole nitrogens is 1. The van der Waals surface area contributed by atoms with Crippen LogP contribution in [0.15, 0.2) is 24.3 Å². The van der Waals surface area contributed by atoms with Crippen molar-refractivity contribution in [3.05, 3.63) is 35.5 Å². The topological polar surface area (TPSA) is 15.8 Å². The highest BCUT2D eigenvalue weighted by molar-refractivity contribution is 5.84. The number of aryl methyl sites for hydroxylation is 1. The van der Waals surface area contributed by atoms with Crippen molar-refractivity contribution in [1.29, 1.82) is 0 Å². The van der Waals surface area contributed by atoms with Crippen molar-refractivity contribution >= 4 is 10.9 Å². The molecule has 0 spiro atoms. The molecule has 18 heavy (non-hydrogen) atoms. The molecule has 96 valence electrons. The lowest BCUT2D eigenvalue weighted by Crippen LogP contribution is -2.13. The van der Waals surface area contributed by atoms with Gasteiger partial charge in [0.1, 0.15) is 0 Å². The number of nitrogens with one attached hydrogen (secondary N) is 1. The first kappa shape index (κ1) is 11.8. The SMILES string of the molecule is CCCCCC1CCc2[nH]c3ccccc3c2C1. The number of rotatable bonds is 4. The third-order valence-electron chi connectivity index (χ3n) is 4.41. The number of unbranched alkanes of at least 4 members (excludes halogenated alkanes) is 2. The van der Waals surface area contributed by atoms with E-state index >= 15 is 0 Å². The number of benzene rings is 1. The summed E-state index contributed by atoms with van der Waals surface area (Å²) < 4.78 is 0. The first-order valence-corrected chi connectivity index (χ1v) is 7.47. The molecule has 1 unspecified atom stereocenters. The van der Waals surface area contributed by atoms with E-state index in [1.807, 2.05) is 0 Å². The van der Waals surface area contributed by atoms with Gasteiger partial charge in [0, 0.05) is 16.6 Å². The predicted octanol–water partition coefficient (Wildman–Crippen LogP) is 4.85. The Labute approximate surface area is 110 Å². The zero-order chi connectivity index (χ0) is 12.4. The van der Waals surface area contributed by atoms with Gasteiger partial charge >= 0.3 is 0 Å². The maximum Gasteiger partial charge on any atom is 0.0458 e. The Balaban J connectivity index is 1.78. The van der Waals surface area contributed by atoms with Gasteiger partial charge in [-0.2, -0.15) is 0 Å². The Morgan fingerprint density at radius 1 is 1.22 bits per heavy atom. The Kier molecular flexibility index (Phi) is 3.40. The molecule has 0 bridgehead atoms.